The number of sulfonamides is 1. The van der Waals surface area contributed by atoms with Crippen LogP contribution >= 0.6 is 0 Å². The molecule has 3 aromatic carbocycles. The minimum absolute atomic E-state index is 0.0925. The summed E-state index contributed by atoms with van der Waals surface area (Å²) in [5.74, 6) is 0.215. The minimum Gasteiger partial charge on any atom is -0.494 e. The zero-order valence-corrected chi connectivity index (χ0v) is 20.9. The second-order valence-electron chi connectivity index (χ2n) is 8.19. The van der Waals surface area contributed by atoms with E-state index in [0.29, 0.717) is 24.5 Å². The van der Waals surface area contributed by atoms with Gasteiger partial charge in [0, 0.05) is 0 Å². The van der Waals surface area contributed by atoms with Gasteiger partial charge in [0.25, 0.3) is 10.0 Å². The van der Waals surface area contributed by atoms with Crippen LogP contribution in [0.3, 0.4) is 0 Å². The van der Waals surface area contributed by atoms with Gasteiger partial charge in [0.15, 0.2) is 0 Å². The highest BCUT2D eigenvalue weighted by Crippen LogP contribution is 2.26. The number of anilines is 1. The number of amides is 1. The summed E-state index contributed by atoms with van der Waals surface area (Å²) < 4.78 is 33.8. The number of carbonyl (C=O) groups excluding carboxylic acids is 1. The van der Waals surface area contributed by atoms with Crippen LogP contribution in [-0.4, -0.2) is 27.5 Å². The maximum absolute atomic E-state index is 13.6. The van der Waals surface area contributed by atoms with Crippen molar-refractivity contribution in [1.29, 1.82) is 0 Å². The second kappa shape index (κ2) is 11.2. The van der Waals surface area contributed by atoms with Crippen LogP contribution in [0.25, 0.3) is 0 Å². The summed E-state index contributed by atoms with van der Waals surface area (Å²) in [4.78, 5) is 13.2. The third-order valence-corrected chi connectivity index (χ3v) is 7.34. The van der Waals surface area contributed by atoms with Crippen molar-refractivity contribution in [3.8, 4) is 5.75 Å². The van der Waals surface area contributed by atoms with E-state index in [4.69, 9.17) is 4.74 Å². The smallest absolute Gasteiger partial charge is 0.264 e. The number of hydrogen-bond acceptors (Lipinski definition) is 4. The molecule has 1 N–H and O–H groups in total. The van der Waals surface area contributed by atoms with Crippen LogP contribution in [0.1, 0.15) is 43.0 Å². The maximum atomic E-state index is 13.6. The predicted molar refractivity (Wildman–Crippen MR) is 136 cm³/mol. The first-order valence-electron chi connectivity index (χ1n) is 11.4. The molecule has 180 valence electrons. The molecule has 0 radical (unpaired) electrons. The molecule has 1 unspecified atom stereocenters. The fourth-order valence-electron chi connectivity index (χ4n) is 3.62. The average Bonchev–Trinajstić information content (AvgIpc) is 2.83. The van der Waals surface area contributed by atoms with E-state index < -0.39 is 10.0 Å². The number of benzene rings is 3. The largest absolute Gasteiger partial charge is 0.494 e. The maximum Gasteiger partial charge on any atom is 0.264 e. The average molecular weight is 481 g/mol. The van der Waals surface area contributed by atoms with Crippen molar-refractivity contribution in [3.63, 3.8) is 0 Å². The highest BCUT2D eigenvalue weighted by molar-refractivity contribution is 7.92. The van der Waals surface area contributed by atoms with Gasteiger partial charge in [-0.15, -0.1) is 0 Å². The fourth-order valence-corrected chi connectivity index (χ4v) is 5.04. The molecular formula is C27H32N2O4S. The summed E-state index contributed by atoms with van der Waals surface area (Å²) in [6.07, 6.45) is 0.685. The molecule has 0 aromatic heterocycles. The first kappa shape index (κ1) is 25.3. The number of nitrogens with one attached hydrogen (secondary N) is 1. The Kier molecular flexibility index (Phi) is 8.34. The number of ether oxygens (including phenoxy) is 1. The van der Waals surface area contributed by atoms with E-state index in [1.54, 1.807) is 24.3 Å². The van der Waals surface area contributed by atoms with Gasteiger partial charge >= 0.3 is 0 Å². The van der Waals surface area contributed by atoms with Crippen molar-refractivity contribution in [3.05, 3.63) is 89.5 Å². The molecule has 0 bridgehead atoms. The first-order chi connectivity index (χ1) is 16.2. The fraction of sp³-hybridized carbons (Fsp3) is 0.296. The molecule has 0 aliphatic rings. The molecule has 7 heteroatoms. The predicted octanol–water partition coefficient (Wildman–Crippen LogP) is 5.16. The summed E-state index contributed by atoms with van der Waals surface area (Å²) >= 11 is 0. The lowest BCUT2D eigenvalue weighted by Crippen LogP contribution is -2.42. The number of hydrogen-bond donors (Lipinski definition) is 1. The van der Waals surface area contributed by atoms with E-state index in [1.165, 1.54) is 12.1 Å². The SMILES string of the molecule is CCOc1ccc(S(=O)(=O)N(CC(=O)NC(CC)c2ccc(C)cc2)c2ccc(C)cc2)cc1. The third kappa shape index (κ3) is 6.17. The monoisotopic (exact) mass is 480 g/mol. The van der Waals surface area contributed by atoms with E-state index in [0.717, 1.165) is 21.0 Å². The van der Waals surface area contributed by atoms with Gasteiger partial charge in [-0.25, -0.2) is 8.42 Å². The van der Waals surface area contributed by atoms with E-state index in [1.807, 2.05) is 64.1 Å². The Labute approximate surface area is 202 Å². The lowest BCUT2D eigenvalue weighted by Gasteiger charge is -2.26. The van der Waals surface area contributed by atoms with Crippen molar-refractivity contribution in [2.24, 2.45) is 0 Å². The van der Waals surface area contributed by atoms with E-state index in [9.17, 15) is 13.2 Å². The Morgan fingerprint density at radius 3 is 1.97 bits per heavy atom. The van der Waals surface area contributed by atoms with Crippen molar-refractivity contribution in [2.75, 3.05) is 17.5 Å². The van der Waals surface area contributed by atoms with Crippen LogP contribution in [-0.2, 0) is 14.8 Å². The summed E-state index contributed by atoms with van der Waals surface area (Å²) in [6.45, 7) is 7.94. The van der Waals surface area contributed by atoms with Crippen LogP contribution in [0.5, 0.6) is 5.75 Å². The molecular weight excluding hydrogens is 448 g/mol. The molecule has 0 heterocycles. The summed E-state index contributed by atoms with van der Waals surface area (Å²) in [5, 5.41) is 3.00. The van der Waals surface area contributed by atoms with Crippen molar-refractivity contribution >= 4 is 21.6 Å². The topological polar surface area (TPSA) is 75.7 Å². The number of rotatable bonds is 10. The lowest BCUT2D eigenvalue weighted by atomic mass is 10.0. The highest BCUT2D eigenvalue weighted by atomic mass is 32.2. The highest BCUT2D eigenvalue weighted by Gasteiger charge is 2.28. The molecule has 1 amide bonds. The van der Waals surface area contributed by atoms with E-state index in [-0.39, 0.29) is 23.4 Å². The quantitative estimate of drug-likeness (QED) is 0.435. The Morgan fingerprint density at radius 1 is 0.882 bits per heavy atom. The normalized spacial score (nSPS) is 12.1. The van der Waals surface area contributed by atoms with Crippen LogP contribution in [0.4, 0.5) is 5.69 Å². The molecule has 0 saturated heterocycles. The van der Waals surface area contributed by atoms with Gasteiger partial charge in [-0.2, -0.15) is 0 Å². The molecule has 0 aliphatic carbocycles. The first-order valence-corrected chi connectivity index (χ1v) is 12.9. The molecule has 0 aliphatic heterocycles. The van der Waals surface area contributed by atoms with Gasteiger partial charge < -0.3 is 10.1 Å². The molecule has 6 nitrogen and oxygen atoms in total. The summed E-state index contributed by atoms with van der Waals surface area (Å²) in [5.41, 5.74) is 3.55. The molecule has 0 spiro atoms. The van der Waals surface area contributed by atoms with Crippen LogP contribution < -0.4 is 14.4 Å². The third-order valence-electron chi connectivity index (χ3n) is 5.56. The van der Waals surface area contributed by atoms with Gasteiger partial charge in [0.1, 0.15) is 12.3 Å². The Bertz CT molecular complexity index is 1190. The van der Waals surface area contributed by atoms with E-state index in [2.05, 4.69) is 5.32 Å². The van der Waals surface area contributed by atoms with E-state index >= 15 is 0 Å². The van der Waals surface area contributed by atoms with Crippen molar-refractivity contribution in [2.45, 2.75) is 45.1 Å². The van der Waals surface area contributed by atoms with Gasteiger partial charge in [0.05, 0.1) is 23.2 Å². The number of carbonyl (C=O) groups is 1. The zero-order valence-electron chi connectivity index (χ0n) is 20.1. The number of nitrogens with zero attached hydrogens (tertiary/aromatic N) is 1. The Balaban J connectivity index is 1.89. The second-order valence-corrected chi connectivity index (χ2v) is 10.1. The summed E-state index contributed by atoms with van der Waals surface area (Å²) in [6, 6.07) is 21.1. The molecule has 1 atom stereocenters. The molecule has 0 saturated carbocycles. The molecule has 0 fully saturated rings. The van der Waals surface area contributed by atoms with Crippen molar-refractivity contribution in [1.82, 2.24) is 5.32 Å². The van der Waals surface area contributed by atoms with Crippen LogP contribution in [0, 0.1) is 13.8 Å². The van der Waals surface area contributed by atoms with Gasteiger partial charge in [-0.3, -0.25) is 9.10 Å². The van der Waals surface area contributed by atoms with Crippen molar-refractivity contribution < 1.29 is 17.9 Å². The van der Waals surface area contributed by atoms with Crippen LogP contribution in [0.15, 0.2) is 77.7 Å². The minimum atomic E-state index is -3.99. The standard InChI is InChI=1S/C27H32N2O4S/c1-5-26(22-11-7-20(3)8-12-22)28-27(30)19-29(23-13-9-21(4)10-14-23)34(31,32)25-17-15-24(16-18-25)33-6-2/h7-18,26H,5-6,19H2,1-4H3,(H,28,30). The lowest BCUT2D eigenvalue weighted by molar-refractivity contribution is -0.120. The van der Waals surface area contributed by atoms with Crippen LogP contribution in [0.2, 0.25) is 0 Å². The molecule has 34 heavy (non-hydrogen) atoms. The Hall–Kier alpha value is -3.32. The zero-order chi connectivity index (χ0) is 24.7. The van der Waals surface area contributed by atoms with Gasteiger partial charge in [-0.05, 0) is 69.2 Å². The molecule has 3 rings (SSSR count). The Morgan fingerprint density at radius 2 is 1.44 bits per heavy atom. The van der Waals surface area contributed by atoms with Gasteiger partial charge in [-0.1, -0.05) is 54.4 Å². The molecule has 3 aromatic rings. The van der Waals surface area contributed by atoms with Gasteiger partial charge in [0.2, 0.25) is 5.91 Å². The summed E-state index contributed by atoms with van der Waals surface area (Å²) in [7, 11) is -3.99. The number of aryl methyl sites for hydroxylation is 2.